The second-order valence-electron chi connectivity index (χ2n) is 3.11. The Morgan fingerprint density at radius 3 is 2.56 bits per heavy atom. The lowest BCUT2D eigenvalue weighted by Crippen LogP contribution is -2.22. The molecule has 0 bridgehead atoms. The van der Waals surface area contributed by atoms with Crippen LogP contribution in [0.4, 0.5) is 0 Å². The van der Waals surface area contributed by atoms with Crippen molar-refractivity contribution in [3.05, 3.63) is 23.8 Å². The molecule has 16 heavy (non-hydrogen) atoms. The molecule has 0 aromatic heterocycles. The van der Waals surface area contributed by atoms with Gasteiger partial charge in [-0.25, -0.2) is 4.79 Å². The summed E-state index contributed by atoms with van der Waals surface area (Å²) in [5, 5.41) is 17.4. The molecule has 0 amide bonds. The first kappa shape index (κ1) is 11.9. The topological polar surface area (TPSA) is 79.5 Å². The Kier molecular flexibility index (Phi) is 3.72. The van der Waals surface area contributed by atoms with E-state index in [4.69, 9.17) is 19.8 Å². The lowest BCUT2D eigenvalue weighted by atomic mass is 10.2. The molecule has 1 aromatic carbocycles. The maximum absolute atomic E-state index is 10.6. The van der Waals surface area contributed by atoms with E-state index in [0.717, 1.165) is 0 Å². The van der Waals surface area contributed by atoms with Gasteiger partial charge in [-0.3, -0.25) is 0 Å². The van der Waals surface area contributed by atoms with Crippen LogP contribution in [0.1, 0.15) is 12.5 Å². The van der Waals surface area contributed by atoms with Gasteiger partial charge in [0.2, 0.25) is 0 Å². The average Bonchev–Trinajstić information content (AvgIpc) is 2.28. The molecule has 0 unspecified atom stereocenters. The van der Waals surface area contributed by atoms with E-state index in [1.54, 1.807) is 0 Å². The highest BCUT2D eigenvalue weighted by Crippen LogP contribution is 2.23. The zero-order valence-corrected chi connectivity index (χ0v) is 8.93. The lowest BCUT2D eigenvalue weighted by molar-refractivity contribution is -0.144. The zero-order chi connectivity index (χ0) is 12.1. The molecule has 0 radical (unpaired) electrons. The highest BCUT2D eigenvalue weighted by Gasteiger charge is 2.13. The number of hydrogen-bond donors (Lipinski definition) is 1. The number of nitriles is 1. The Bertz CT molecular complexity index is 436. The number of carboxylic acids is 1. The standard InChI is InChI=1S/C11H11NO4/c1-7(11(13)14)16-10-4-8(6-12)3-9(5-10)15-2/h3-5,7H,1-2H3,(H,13,14)/t7-/m0/s1. The van der Waals surface area contributed by atoms with Gasteiger partial charge in [-0.05, 0) is 19.1 Å². The minimum Gasteiger partial charge on any atom is -0.497 e. The van der Waals surface area contributed by atoms with Crippen molar-refractivity contribution in [1.29, 1.82) is 5.26 Å². The van der Waals surface area contributed by atoms with Crippen LogP contribution in [0.3, 0.4) is 0 Å². The molecule has 0 aliphatic carbocycles. The molecule has 0 saturated heterocycles. The molecule has 5 nitrogen and oxygen atoms in total. The first-order chi connectivity index (χ1) is 7.56. The lowest BCUT2D eigenvalue weighted by Gasteiger charge is -2.11. The molecule has 0 spiro atoms. The number of rotatable bonds is 4. The molecule has 0 heterocycles. The second-order valence-corrected chi connectivity index (χ2v) is 3.11. The Morgan fingerprint density at radius 1 is 1.44 bits per heavy atom. The Labute approximate surface area is 92.8 Å². The van der Waals surface area contributed by atoms with Crippen molar-refractivity contribution in [2.75, 3.05) is 7.11 Å². The highest BCUT2D eigenvalue weighted by atomic mass is 16.5. The number of nitrogens with zero attached hydrogens (tertiary/aromatic N) is 1. The molecular formula is C11H11NO4. The van der Waals surface area contributed by atoms with Crippen molar-refractivity contribution in [3.8, 4) is 17.6 Å². The first-order valence-corrected chi connectivity index (χ1v) is 4.55. The monoisotopic (exact) mass is 221 g/mol. The SMILES string of the molecule is COc1cc(C#N)cc(O[C@@H](C)C(=O)O)c1. The number of carbonyl (C=O) groups is 1. The van der Waals surface area contributed by atoms with Crippen molar-refractivity contribution in [1.82, 2.24) is 0 Å². The summed E-state index contributed by atoms with van der Waals surface area (Å²) >= 11 is 0. The van der Waals surface area contributed by atoms with Gasteiger partial charge in [0.15, 0.2) is 6.10 Å². The van der Waals surface area contributed by atoms with Crippen LogP contribution in [0, 0.1) is 11.3 Å². The summed E-state index contributed by atoms with van der Waals surface area (Å²) in [4.78, 5) is 10.6. The maximum atomic E-state index is 10.6. The zero-order valence-electron chi connectivity index (χ0n) is 8.93. The second kappa shape index (κ2) is 5.03. The Hall–Kier alpha value is -2.22. The van der Waals surface area contributed by atoms with Crippen LogP contribution in [-0.4, -0.2) is 24.3 Å². The van der Waals surface area contributed by atoms with Gasteiger partial charge in [0, 0.05) is 6.07 Å². The molecule has 84 valence electrons. The molecular weight excluding hydrogens is 210 g/mol. The number of hydrogen-bond acceptors (Lipinski definition) is 4. The van der Waals surface area contributed by atoms with Crippen LogP contribution < -0.4 is 9.47 Å². The van der Waals surface area contributed by atoms with Crippen molar-refractivity contribution >= 4 is 5.97 Å². The number of methoxy groups -OCH3 is 1. The number of benzene rings is 1. The third kappa shape index (κ3) is 2.89. The average molecular weight is 221 g/mol. The molecule has 1 atom stereocenters. The molecule has 0 fully saturated rings. The summed E-state index contributed by atoms with van der Waals surface area (Å²) in [5.41, 5.74) is 0.354. The normalized spacial score (nSPS) is 11.3. The molecule has 0 saturated carbocycles. The smallest absolute Gasteiger partial charge is 0.344 e. The quantitative estimate of drug-likeness (QED) is 0.831. The third-order valence-corrected chi connectivity index (χ3v) is 1.91. The summed E-state index contributed by atoms with van der Waals surface area (Å²) in [5.74, 6) is -0.321. The summed E-state index contributed by atoms with van der Waals surface area (Å²) in [6.07, 6.45) is -0.973. The largest absolute Gasteiger partial charge is 0.497 e. The fourth-order valence-electron chi connectivity index (χ4n) is 1.08. The van der Waals surface area contributed by atoms with Gasteiger partial charge in [0.25, 0.3) is 0 Å². The van der Waals surface area contributed by atoms with E-state index in [1.807, 2.05) is 6.07 Å². The summed E-state index contributed by atoms with van der Waals surface area (Å²) in [7, 11) is 1.46. The molecule has 1 N–H and O–H groups in total. The number of carboxylic acid groups (broad SMARTS) is 1. The Balaban J connectivity index is 2.96. The molecule has 0 aliphatic rings. The summed E-state index contributed by atoms with van der Waals surface area (Å²) in [6, 6.07) is 6.47. The van der Waals surface area contributed by atoms with E-state index in [-0.39, 0.29) is 0 Å². The first-order valence-electron chi connectivity index (χ1n) is 4.55. The summed E-state index contributed by atoms with van der Waals surface area (Å²) in [6.45, 7) is 1.41. The van der Waals surface area contributed by atoms with E-state index >= 15 is 0 Å². The fraction of sp³-hybridized carbons (Fsp3) is 0.273. The van der Waals surface area contributed by atoms with Crippen molar-refractivity contribution in [2.24, 2.45) is 0 Å². The van der Waals surface area contributed by atoms with E-state index in [0.29, 0.717) is 17.1 Å². The van der Waals surface area contributed by atoms with E-state index < -0.39 is 12.1 Å². The third-order valence-electron chi connectivity index (χ3n) is 1.91. The molecule has 5 heteroatoms. The fourth-order valence-corrected chi connectivity index (χ4v) is 1.08. The minimum atomic E-state index is -1.07. The van der Waals surface area contributed by atoms with Crippen molar-refractivity contribution in [2.45, 2.75) is 13.0 Å². The van der Waals surface area contributed by atoms with Crippen LogP contribution in [0.25, 0.3) is 0 Å². The van der Waals surface area contributed by atoms with Gasteiger partial charge >= 0.3 is 5.97 Å². The number of aliphatic carboxylic acids is 1. The Morgan fingerprint density at radius 2 is 2.06 bits per heavy atom. The van der Waals surface area contributed by atoms with Crippen LogP contribution >= 0.6 is 0 Å². The van der Waals surface area contributed by atoms with Crippen molar-refractivity contribution in [3.63, 3.8) is 0 Å². The van der Waals surface area contributed by atoms with Gasteiger partial charge in [-0.15, -0.1) is 0 Å². The summed E-state index contributed by atoms with van der Waals surface area (Å²) < 4.78 is 10.1. The van der Waals surface area contributed by atoms with E-state index in [9.17, 15) is 4.79 Å². The van der Waals surface area contributed by atoms with Gasteiger partial charge in [0.1, 0.15) is 11.5 Å². The van der Waals surface area contributed by atoms with E-state index in [1.165, 1.54) is 32.2 Å². The van der Waals surface area contributed by atoms with E-state index in [2.05, 4.69) is 0 Å². The highest BCUT2D eigenvalue weighted by molar-refractivity contribution is 5.72. The predicted octanol–water partition coefficient (Wildman–Crippen LogP) is 1.42. The van der Waals surface area contributed by atoms with Crippen LogP contribution in [-0.2, 0) is 4.79 Å². The van der Waals surface area contributed by atoms with Gasteiger partial charge in [0.05, 0.1) is 18.7 Å². The van der Waals surface area contributed by atoms with Gasteiger partial charge in [-0.1, -0.05) is 0 Å². The minimum absolute atomic E-state index is 0.297. The van der Waals surface area contributed by atoms with Crippen molar-refractivity contribution < 1.29 is 19.4 Å². The van der Waals surface area contributed by atoms with Crippen LogP contribution in [0.5, 0.6) is 11.5 Å². The van der Waals surface area contributed by atoms with Crippen LogP contribution in [0.15, 0.2) is 18.2 Å². The molecule has 0 aliphatic heterocycles. The predicted molar refractivity (Wildman–Crippen MR) is 55.4 cm³/mol. The van der Waals surface area contributed by atoms with Gasteiger partial charge < -0.3 is 14.6 Å². The maximum Gasteiger partial charge on any atom is 0.344 e. The van der Waals surface area contributed by atoms with Crippen LogP contribution in [0.2, 0.25) is 0 Å². The molecule has 1 aromatic rings. The van der Waals surface area contributed by atoms with Gasteiger partial charge in [-0.2, -0.15) is 5.26 Å². The number of ether oxygens (including phenoxy) is 2. The molecule has 1 rings (SSSR count).